The number of hydrogen-bond donors (Lipinski definition) is 1. The number of aromatic hydroxyl groups is 1. The Morgan fingerprint density at radius 3 is 1.40 bits per heavy atom. The van der Waals surface area contributed by atoms with Gasteiger partial charge in [-0.15, -0.1) is 0 Å². The van der Waals surface area contributed by atoms with E-state index in [1.165, 1.54) is 16.7 Å². The first-order valence-corrected chi connectivity index (χ1v) is 17.4. The number of unbranched alkanes of at least 4 members (excludes halogenated alkanes) is 2. The van der Waals surface area contributed by atoms with Gasteiger partial charge in [-0.1, -0.05) is 68.7 Å². The number of ether oxygens (including phenoxy) is 2. The second-order valence-corrected chi connectivity index (χ2v) is 13.2. The number of rotatable bonds is 8. The van der Waals surface area contributed by atoms with Crippen LogP contribution in [-0.2, 0) is 25.7 Å². The Balaban J connectivity index is 0.000000152. The predicted molar refractivity (Wildman–Crippen MR) is 194 cm³/mol. The van der Waals surface area contributed by atoms with E-state index in [4.69, 9.17) is 9.47 Å². The van der Waals surface area contributed by atoms with Gasteiger partial charge in [0.15, 0.2) is 10.9 Å². The third-order valence-corrected chi connectivity index (χ3v) is 9.72. The maximum absolute atomic E-state index is 12.4. The number of phenols is 1. The number of hydrogen-bond acceptors (Lipinski definition) is 5. The summed E-state index contributed by atoms with van der Waals surface area (Å²) in [4.78, 5) is 24.8. The van der Waals surface area contributed by atoms with Gasteiger partial charge in [-0.2, -0.15) is 0 Å². The maximum Gasteiger partial charge on any atom is 0.195 e. The van der Waals surface area contributed by atoms with Crippen LogP contribution in [0.15, 0.2) is 82.4 Å². The zero-order valence-electron chi connectivity index (χ0n) is 28.1. The fourth-order valence-corrected chi connectivity index (χ4v) is 7.00. The highest BCUT2D eigenvalue weighted by Gasteiger charge is 2.31. The fraction of sp³-hybridized carbons (Fsp3) is 0.302. The third kappa shape index (κ3) is 6.22. The van der Waals surface area contributed by atoms with Gasteiger partial charge in [0.2, 0.25) is 0 Å². The number of phenolic OH excluding ortho intramolecular Hbond substituents is 1. The van der Waals surface area contributed by atoms with E-state index in [1.54, 1.807) is 12.1 Å². The lowest BCUT2D eigenvalue weighted by atomic mass is 9.91. The van der Waals surface area contributed by atoms with Crippen LogP contribution < -0.4 is 20.3 Å². The molecule has 2 aliphatic carbocycles. The molecule has 6 aromatic carbocycles. The summed E-state index contributed by atoms with van der Waals surface area (Å²) in [6, 6.07) is 24.0. The molecule has 0 aliphatic heterocycles. The molecule has 1 N–H and O–H groups in total. The molecule has 0 saturated carbocycles. The third-order valence-electron chi connectivity index (χ3n) is 9.72. The van der Waals surface area contributed by atoms with Crippen LogP contribution in [0.2, 0.25) is 0 Å². The minimum Gasteiger partial charge on any atom is -0.508 e. The summed E-state index contributed by atoms with van der Waals surface area (Å²) in [6.45, 7) is 7.89. The van der Waals surface area contributed by atoms with Crippen LogP contribution in [0, 0.1) is 6.92 Å². The number of aryl methyl sites for hydroxylation is 5. The van der Waals surface area contributed by atoms with E-state index in [1.807, 2.05) is 24.3 Å². The monoisotopic (exact) mass is 638 g/mol. The highest BCUT2D eigenvalue weighted by molar-refractivity contribution is 5.98. The molecular formula is C43H42O5. The number of fused-ring (bicyclic) bond motifs is 10. The van der Waals surface area contributed by atoms with Gasteiger partial charge in [-0.25, -0.2) is 0 Å². The quantitative estimate of drug-likeness (QED) is 0.168. The van der Waals surface area contributed by atoms with E-state index in [-0.39, 0.29) is 16.6 Å². The van der Waals surface area contributed by atoms with Crippen LogP contribution in [0.5, 0.6) is 17.2 Å². The van der Waals surface area contributed by atoms with Crippen molar-refractivity contribution in [3.05, 3.63) is 121 Å². The van der Waals surface area contributed by atoms with Gasteiger partial charge in [0.25, 0.3) is 0 Å². The lowest BCUT2D eigenvalue weighted by molar-refractivity contribution is 0.309. The minimum atomic E-state index is 0.129. The van der Waals surface area contributed by atoms with Crippen LogP contribution in [0.4, 0.5) is 0 Å². The molecule has 2 aliphatic rings. The summed E-state index contributed by atoms with van der Waals surface area (Å²) in [7, 11) is 0. The van der Waals surface area contributed by atoms with E-state index in [9.17, 15) is 14.7 Å². The topological polar surface area (TPSA) is 72.8 Å². The molecule has 48 heavy (non-hydrogen) atoms. The highest BCUT2D eigenvalue weighted by Crippen LogP contribution is 2.43. The molecule has 0 radical (unpaired) electrons. The van der Waals surface area contributed by atoms with Gasteiger partial charge in [-0.3, -0.25) is 9.59 Å². The van der Waals surface area contributed by atoms with Crippen LogP contribution in [0.1, 0.15) is 67.3 Å². The maximum atomic E-state index is 12.4. The van der Waals surface area contributed by atoms with E-state index < -0.39 is 0 Å². The molecule has 0 amide bonds. The van der Waals surface area contributed by atoms with E-state index in [2.05, 4.69) is 57.2 Å². The van der Waals surface area contributed by atoms with E-state index >= 15 is 0 Å². The zero-order valence-corrected chi connectivity index (χ0v) is 28.1. The first-order chi connectivity index (χ1) is 23.4. The molecule has 0 bridgehead atoms. The summed E-state index contributed by atoms with van der Waals surface area (Å²) in [6.07, 6.45) is 7.89. The molecule has 5 nitrogen and oxygen atoms in total. The second kappa shape index (κ2) is 13.3. The molecule has 8 rings (SSSR count). The molecule has 0 unspecified atom stereocenters. The van der Waals surface area contributed by atoms with Crippen molar-refractivity contribution >= 4 is 0 Å². The average molecular weight is 639 g/mol. The standard InChI is InChI=1S/C22H22O2.C21H20O3/c1-3-4-11-24-17-8-10-19-16(13-17)7-6-15-12-14(2)5-9-18(15)20-21(19)22(20)23;1-2-3-10-24-16-7-9-18-14(12-16)5-4-13-11-15(22)6-8-17(13)19-20(18)21(19)23/h5,8-10,12-13H,3-4,6-7,11H2,1-2H3;6-9,11-12,22H,2-5,10H2,1H3. The van der Waals surface area contributed by atoms with Crippen LogP contribution in [0.3, 0.4) is 0 Å². The summed E-state index contributed by atoms with van der Waals surface area (Å²) in [5.74, 6) is 2.04. The van der Waals surface area contributed by atoms with E-state index in [0.717, 1.165) is 132 Å². The van der Waals surface area contributed by atoms with Crippen molar-refractivity contribution in [2.75, 3.05) is 13.2 Å². The average Bonchev–Trinajstić information content (AvgIpc) is 3.94. The summed E-state index contributed by atoms with van der Waals surface area (Å²) in [5.41, 5.74) is 14.0. The van der Waals surface area contributed by atoms with Crippen molar-refractivity contribution in [2.24, 2.45) is 0 Å². The first kappa shape index (κ1) is 31.7. The lowest BCUT2D eigenvalue weighted by Gasteiger charge is -2.15. The molecule has 0 spiro atoms. The molecule has 0 saturated heterocycles. The van der Waals surface area contributed by atoms with Crippen molar-refractivity contribution < 1.29 is 14.6 Å². The molecule has 0 heterocycles. The van der Waals surface area contributed by atoms with Crippen LogP contribution in [-0.4, -0.2) is 18.3 Å². The molecule has 244 valence electrons. The molecule has 0 fully saturated rings. The lowest BCUT2D eigenvalue weighted by Crippen LogP contribution is -2.01. The SMILES string of the molecule is CCCCOc1ccc2c(c1)CCc1cc(C)ccc1-c1c-2c1=O.CCCCOc1ccc2c(c1)CCc1cc(O)ccc1-c1c-2c1=O. The smallest absolute Gasteiger partial charge is 0.195 e. The van der Waals surface area contributed by atoms with E-state index in [0.29, 0.717) is 0 Å². The minimum absolute atomic E-state index is 0.129. The van der Waals surface area contributed by atoms with Crippen LogP contribution in [0.25, 0.3) is 44.5 Å². The summed E-state index contributed by atoms with van der Waals surface area (Å²) >= 11 is 0. The van der Waals surface area contributed by atoms with Crippen molar-refractivity contribution in [3.63, 3.8) is 0 Å². The normalized spacial score (nSPS) is 12.9. The van der Waals surface area contributed by atoms with Gasteiger partial charge < -0.3 is 14.6 Å². The van der Waals surface area contributed by atoms with Gasteiger partial charge in [0.1, 0.15) is 17.2 Å². The first-order valence-electron chi connectivity index (χ1n) is 17.4. The molecule has 5 heteroatoms. The second-order valence-electron chi connectivity index (χ2n) is 13.2. The summed E-state index contributed by atoms with van der Waals surface area (Å²) < 4.78 is 11.7. The molecular weight excluding hydrogens is 596 g/mol. The van der Waals surface area contributed by atoms with Crippen molar-refractivity contribution in [3.8, 4) is 61.8 Å². The van der Waals surface area contributed by atoms with Gasteiger partial charge in [-0.05, 0) is 126 Å². The van der Waals surface area contributed by atoms with Crippen LogP contribution >= 0.6 is 0 Å². The Morgan fingerprint density at radius 2 is 0.938 bits per heavy atom. The predicted octanol–water partition coefficient (Wildman–Crippen LogP) is 9.08. The Bertz CT molecular complexity index is 1980. The van der Waals surface area contributed by atoms with Crippen molar-refractivity contribution in [2.45, 2.75) is 72.1 Å². The highest BCUT2D eigenvalue weighted by atomic mass is 16.5. The Hall–Kier alpha value is -4.90. The van der Waals surface area contributed by atoms with Gasteiger partial charge in [0.05, 0.1) is 13.2 Å². The fourth-order valence-electron chi connectivity index (χ4n) is 7.00. The van der Waals surface area contributed by atoms with Crippen molar-refractivity contribution in [1.82, 2.24) is 0 Å². The van der Waals surface area contributed by atoms with Crippen molar-refractivity contribution in [1.29, 1.82) is 0 Å². The number of benzene rings is 4. The zero-order chi connectivity index (χ0) is 33.4. The largest absolute Gasteiger partial charge is 0.508 e. The molecule has 0 aromatic heterocycles. The van der Waals surface area contributed by atoms with Gasteiger partial charge >= 0.3 is 0 Å². The molecule has 0 atom stereocenters. The Labute approximate surface area is 282 Å². The Morgan fingerprint density at radius 1 is 0.542 bits per heavy atom. The Kier molecular flexibility index (Phi) is 8.79. The summed E-state index contributed by atoms with van der Waals surface area (Å²) in [5, 5.41) is 9.76. The van der Waals surface area contributed by atoms with Gasteiger partial charge in [0, 0.05) is 22.3 Å². The molecule has 6 aromatic rings.